The predicted molar refractivity (Wildman–Crippen MR) is 119 cm³/mol. The van der Waals surface area contributed by atoms with E-state index in [1.54, 1.807) is 24.7 Å². The lowest BCUT2D eigenvalue weighted by Gasteiger charge is -2.09. The molecule has 0 aliphatic heterocycles. The van der Waals surface area contributed by atoms with E-state index in [2.05, 4.69) is 21.9 Å². The number of hydrogen-bond donors (Lipinski definition) is 1. The molecule has 0 saturated heterocycles. The number of rotatable bonds is 4. The van der Waals surface area contributed by atoms with Crippen LogP contribution in [-0.4, -0.2) is 24.9 Å². The van der Waals surface area contributed by atoms with Crippen molar-refractivity contribution >= 4 is 22.8 Å². The van der Waals surface area contributed by atoms with Gasteiger partial charge >= 0.3 is 0 Å². The number of halogens is 2. The van der Waals surface area contributed by atoms with E-state index in [0.29, 0.717) is 27.5 Å². The molecular formula is C24H17ClFN5. The Morgan fingerprint density at radius 1 is 0.935 bits per heavy atom. The van der Waals surface area contributed by atoms with Gasteiger partial charge in [-0.05, 0) is 42.0 Å². The number of fused-ring (bicyclic) bond motifs is 1. The van der Waals surface area contributed by atoms with Gasteiger partial charge in [-0.1, -0.05) is 30.7 Å². The Labute approximate surface area is 183 Å². The summed E-state index contributed by atoms with van der Waals surface area (Å²) in [7, 11) is 0. The molecule has 152 valence electrons. The number of hydrogen-bond acceptors (Lipinski definition) is 4. The normalized spacial score (nSPS) is 12.2. The second-order valence-corrected chi connectivity index (χ2v) is 7.68. The summed E-state index contributed by atoms with van der Waals surface area (Å²) in [6.07, 6.45) is 6.17. The molecule has 7 heteroatoms. The molecule has 0 spiro atoms. The van der Waals surface area contributed by atoms with Crippen molar-refractivity contribution in [2.75, 3.05) is 0 Å². The highest BCUT2D eigenvalue weighted by atomic mass is 35.5. The SMILES string of the molecule is CC(c1ccc(Cl)cc1)c1nc2nc(-c3cccnc3)c(-c3ccncc3F)cc2[nH]1. The number of imidazole rings is 1. The quantitative estimate of drug-likeness (QED) is 0.379. The lowest BCUT2D eigenvalue weighted by molar-refractivity contribution is 0.625. The van der Waals surface area contributed by atoms with Crippen molar-refractivity contribution in [3.63, 3.8) is 0 Å². The van der Waals surface area contributed by atoms with Crippen LogP contribution in [-0.2, 0) is 0 Å². The van der Waals surface area contributed by atoms with Crippen LogP contribution in [0.4, 0.5) is 4.39 Å². The topological polar surface area (TPSA) is 67.3 Å². The molecule has 0 aliphatic rings. The molecule has 1 unspecified atom stereocenters. The smallest absolute Gasteiger partial charge is 0.178 e. The van der Waals surface area contributed by atoms with E-state index in [-0.39, 0.29) is 5.92 Å². The Hall–Kier alpha value is -3.64. The molecule has 0 saturated carbocycles. The van der Waals surface area contributed by atoms with Crippen molar-refractivity contribution in [3.8, 4) is 22.4 Å². The zero-order chi connectivity index (χ0) is 21.4. The molecule has 1 atom stereocenters. The summed E-state index contributed by atoms with van der Waals surface area (Å²) in [6, 6.07) is 14.9. The fourth-order valence-corrected chi connectivity index (χ4v) is 3.72. The Morgan fingerprint density at radius 2 is 1.74 bits per heavy atom. The molecule has 31 heavy (non-hydrogen) atoms. The zero-order valence-corrected chi connectivity index (χ0v) is 17.3. The Kier molecular flexibility index (Phi) is 4.92. The average molecular weight is 430 g/mol. The molecule has 0 amide bonds. The summed E-state index contributed by atoms with van der Waals surface area (Å²) in [6.45, 7) is 2.06. The van der Waals surface area contributed by atoms with Gasteiger partial charge < -0.3 is 4.98 Å². The number of pyridine rings is 3. The highest BCUT2D eigenvalue weighted by Crippen LogP contribution is 2.34. The number of H-pyrrole nitrogens is 1. The van der Waals surface area contributed by atoms with Gasteiger partial charge in [0, 0.05) is 46.2 Å². The zero-order valence-electron chi connectivity index (χ0n) is 16.6. The molecule has 5 aromatic rings. The van der Waals surface area contributed by atoms with E-state index in [1.165, 1.54) is 6.20 Å². The average Bonchev–Trinajstić information content (AvgIpc) is 3.22. The molecule has 0 aliphatic carbocycles. The van der Waals surface area contributed by atoms with E-state index < -0.39 is 5.82 Å². The third-order valence-corrected chi connectivity index (χ3v) is 5.52. The minimum Gasteiger partial charge on any atom is -0.340 e. The lowest BCUT2D eigenvalue weighted by Crippen LogP contribution is -1.98. The van der Waals surface area contributed by atoms with Gasteiger partial charge in [-0.2, -0.15) is 0 Å². The van der Waals surface area contributed by atoms with Crippen LogP contribution in [0.1, 0.15) is 24.2 Å². The number of aromatic nitrogens is 5. The van der Waals surface area contributed by atoms with Crippen LogP contribution in [0.25, 0.3) is 33.5 Å². The van der Waals surface area contributed by atoms with E-state index >= 15 is 0 Å². The molecular weight excluding hydrogens is 413 g/mol. The summed E-state index contributed by atoms with van der Waals surface area (Å²) in [4.78, 5) is 20.9. The third kappa shape index (κ3) is 3.66. The summed E-state index contributed by atoms with van der Waals surface area (Å²) in [5.41, 5.74) is 4.84. The summed E-state index contributed by atoms with van der Waals surface area (Å²) in [5.74, 6) is 0.367. The van der Waals surface area contributed by atoms with Crippen molar-refractivity contribution in [3.05, 3.63) is 95.5 Å². The molecule has 1 aromatic carbocycles. The highest BCUT2D eigenvalue weighted by Gasteiger charge is 2.19. The van der Waals surface area contributed by atoms with Crippen molar-refractivity contribution in [2.24, 2.45) is 0 Å². The van der Waals surface area contributed by atoms with Crippen LogP contribution in [0.15, 0.2) is 73.3 Å². The maximum Gasteiger partial charge on any atom is 0.178 e. The number of nitrogens with one attached hydrogen (secondary N) is 1. The minimum absolute atomic E-state index is 0.00872. The molecule has 0 fully saturated rings. The number of benzene rings is 1. The fraction of sp³-hybridized carbons (Fsp3) is 0.0833. The van der Waals surface area contributed by atoms with Crippen LogP contribution in [0, 0.1) is 5.82 Å². The van der Waals surface area contributed by atoms with E-state index in [0.717, 1.165) is 22.5 Å². The maximum absolute atomic E-state index is 14.6. The Morgan fingerprint density at radius 3 is 2.48 bits per heavy atom. The van der Waals surface area contributed by atoms with Gasteiger partial charge in [0.15, 0.2) is 5.65 Å². The maximum atomic E-state index is 14.6. The molecule has 0 radical (unpaired) electrons. The van der Waals surface area contributed by atoms with Crippen LogP contribution >= 0.6 is 11.6 Å². The first-order chi connectivity index (χ1) is 15.1. The van der Waals surface area contributed by atoms with Crippen molar-refractivity contribution in [1.82, 2.24) is 24.9 Å². The summed E-state index contributed by atoms with van der Waals surface area (Å²) in [5, 5.41) is 0.687. The lowest BCUT2D eigenvalue weighted by atomic mass is 10.0. The molecule has 0 bridgehead atoms. The fourth-order valence-electron chi connectivity index (χ4n) is 3.60. The first-order valence-electron chi connectivity index (χ1n) is 9.76. The second kappa shape index (κ2) is 7.89. The van der Waals surface area contributed by atoms with Gasteiger partial charge in [0.2, 0.25) is 0 Å². The predicted octanol–water partition coefficient (Wildman–Crippen LogP) is 6.03. The standard InChI is InChI=1S/C24H17ClFN5/c1-14(15-4-6-17(25)7-5-15)23-29-21-11-19(18-8-10-28-13-20(18)26)22(30-24(21)31-23)16-3-2-9-27-12-16/h2-14H,1H3,(H,29,30,31). The van der Waals surface area contributed by atoms with Gasteiger partial charge in [-0.3, -0.25) is 9.97 Å². The van der Waals surface area contributed by atoms with Gasteiger partial charge in [-0.15, -0.1) is 0 Å². The van der Waals surface area contributed by atoms with E-state index in [4.69, 9.17) is 21.6 Å². The van der Waals surface area contributed by atoms with Crippen molar-refractivity contribution in [2.45, 2.75) is 12.8 Å². The highest BCUT2D eigenvalue weighted by molar-refractivity contribution is 6.30. The molecule has 5 nitrogen and oxygen atoms in total. The molecule has 4 aromatic heterocycles. The van der Waals surface area contributed by atoms with Gasteiger partial charge in [0.1, 0.15) is 11.6 Å². The second-order valence-electron chi connectivity index (χ2n) is 7.25. The number of nitrogens with zero attached hydrogens (tertiary/aromatic N) is 4. The number of aromatic amines is 1. The molecule has 1 N–H and O–H groups in total. The molecule has 5 rings (SSSR count). The minimum atomic E-state index is -0.414. The van der Waals surface area contributed by atoms with Crippen LogP contribution in [0.3, 0.4) is 0 Å². The first-order valence-corrected chi connectivity index (χ1v) is 10.1. The van der Waals surface area contributed by atoms with Crippen LogP contribution < -0.4 is 0 Å². The van der Waals surface area contributed by atoms with Crippen LogP contribution in [0.2, 0.25) is 5.02 Å². The largest absolute Gasteiger partial charge is 0.340 e. The summed E-state index contributed by atoms with van der Waals surface area (Å²) < 4.78 is 14.6. The Balaban J connectivity index is 1.68. The first kappa shape index (κ1) is 19.3. The van der Waals surface area contributed by atoms with Gasteiger partial charge in [0.25, 0.3) is 0 Å². The van der Waals surface area contributed by atoms with Crippen molar-refractivity contribution < 1.29 is 4.39 Å². The monoisotopic (exact) mass is 429 g/mol. The van der Waals surface area contributed by atoms with Gasteiger partial charge in [-0.25, -0.2) is 14.4 Å². The van der Waals surface area contributed by atoms with Crippen LogP contribution in [0.5, 0.6) is 0 Å². The molecule has 4 heterocycles. The van der Waals surface area contributed by atoms with Crippen molar-refractivity contribution in [1.29, 1.82) is 0 Å². The Bertz CT molecular complexity index is 1370. The summed E-state index contributed by atoms with van der Waals surface area (Å²) >= 11 is 6.02. The van der Waals surface area contributed by atoms with E-state index in [1.807, 2.05) is 42.5 Å². The van der Waals surface area contributed by atoms with Gasteiger partial charge in [0.05, 0.1) is 17.4 Å². The van der Waals surface area contributed by atoms with E-state index in [9.17, 15) is 4.39 Å². The third-order valence-electron chi connectivity index (χ3n) is 5.27.